The summed E-state index contributed by atoms with van der Waals surface area (Å²) in [6.07, 6.45) is 7.55. The van der Waals surface area contributed by atoms with Crippen LogP contribution in [0.25, 0.3) is 0 Å². The molecule has 2 amide bonds. The number of hydrogen-bond donors (Lipinski definition) is 2. The second-order valence-electron chi connectivity index (χ2n) is 7.59. The van der Waals surface area contributed by atoms with Gasteiger partial charge in [-0.05, 0) is 63.1 Å². The van der Waals surface area contributed by atoms with Crippen molar-refractivity contribution in [3.05, 3.63) is 41.1 Å². The molecule has 0 aliphatic heterocycles. The monoisotopic (exact) mass is 372 g/mol. The van der Waals surface area contributed by atoms with Gasteiger partial charge in [0.05, 0.1) is 7.05 Å². The van der Waals surface area contributed by atoms with Crippen molar-refractivity contribution in [3.8, 4) is 0 Å². The van der Waals surface area contributed by atoms with Gasteiger partial charge in [-0.2, -0.15) is 0 Å². The van der Waals surface area contributed by atoms with E-state index in [4.69, 9.17) is 0 Å². The minimum Gasteiger partial charge on any atom is -0.322 e. The van der Waals surface area contributed by atoms with Crippen molar-refractivity contribution in [2.75, 3.05) is 32.0 Å². The summed E-state index contributed by atoms with van der Waals surface area (Å²) in [4.78, 5) is 28.0. The zero-order valence-corrected chi connectivity index (χ0v) is 17.2. The van der Waals surface area contributed by atoms with E-state index in [1.54, 1.807) is 0 Å². The largest absolute Gasteiger partial charge is 0.322 e. The predicted molar refractivity (Wildman–Crippen MR) is 110 cm³/mol. The third-order valence-electron chi connectivity index (χ3n) is 5.16. The molecule has 0 saturated carbocycles. The normalized spacial score (nSPS) is 15.0. The van der Waals surface area contributed by atoms with Crippen LogP contribution in [0.3, 0.4) is 0 Å². The minimum absolute atomic E-state index is 0.0621. The molecule has 5 nitrogen and oxygen atoms in total. The molecule has 148 valence electrons. The van der Waals surface area contributed by atoms with Gasteiger partial charge in [-0.15, -0.1) is 0 Å². The molecule has 1 aliphatic rings. The highest BCUT2D eigenvalue weighted by atomic mass is 16.2. The highest BCUT2D eigenvalue weighted by molar-refractivity contribution is 5.92. The average Bonchev–Trinajstić information content (AvgIpc) is 2.64. The van der Waals surface area contributed by atoms with Gasteiger partial charge >= 0.3 is 0 Å². The van der Waals surface area contributed by atoms with Crippen LogP contribution >= 0.6 is 0 Å². The van der Waals surface area contributed by atoms with Crippen LogP contribution in [0.1, 0.15) is 50.2 Å². The minimum atomic E-state index is -0.0621. The molecule has 0 bridgehead atoms. The standard InChI is InChI=1S/C22H33N3O2/c1-5-14-25(19-11-7-6-8-12-19)22(27)16-24(4)15-21(26)23-20-13-9-10-17(2)18(20)3/h9-11,13H,5-8,12,14-16H2,1-4H3,(H,23,26)/p+1. The summed E-state index contributed by atoms with van der Waals surface area (Å²) in [6.45, 7) is 7.50. The van der Waals surface area contributed by atoms with Gasteiger partial charge in [0.25, 0.3) is 11.8 Å². The Labute approximate surface area is 163 Å². The molecule has 1 aromatic carbocycles. The molecule has 5 heteroatoms. The number of rotatable bonds is 8. The number of likely N-dealkylation sites (N-methyl/N-ethyl adjacent to an activating group) is 1. The van der Waals surface area contributed by atoms with Crippen LogP contribution in [-0.2, 0) is 9.59 Å². The summed E-state index contributed by atoms with van der Waals surface area (Å²) in [5, 5.41) is 2.98. The topological polar surface area (TPSA) is 53.9 Å². The lowest BCUT2D eigenvalue weighted by molar-refractivity contribution is -0.862. The number of allylic oxidation sites excluding steroid dienone is 2. The van der Waals surface area contributed by atoms with Crippen molar-refractivity contribution < 1.29 is 14.5 Å². The highest BCUT2D eigenvalue weighted by Crippen LogP contribution is 2.21. The van der Waals surface area contributed by atoms with Crippen molar-refractivity contribution in [1.29, 1.82) is 0 Å². The molecular weight excluding hydrogens is 338 g/mol. The van der Waals surface area contributed by atoms with Gasteiger partial charge in [-0.3, -0.25) is 9.59 Å². The molecule has 1 aromatic rings. The first-order valence-corrected chi connectivity index (χ1v) is 10.1. The SMILES string of the molecule is CCCN(C(=O)C[NH+](C)CC(=O)Nc1cccc(C)c1C)C1=CCCCC1. The van der Waals surface area contributed by atoms with E-state index >= 15 is 0 Å². The van der Waals surface area contributed by atoms with Crippen molar-refractivity contribution in [2.45, 2.75) is 52.9 Å². The molecule has 0 aromatic heterocycles. The number of carbonyl (C=O) groups excluding carboxylic acids is 2. The Bertz CT molecular complexity index is 697. The molecule has 2 rings (SSSR count). The van der Waals surface area contributed by atoms with Crippen LogP contribution in [0.5, 0.6) is 0 Å². The molecule has 1 aliphatic carbocycles. The second kappa shape index (κ2) is 10.3. The fourth-order valence-electron chi connectivity index (χ4n) is 3.49. The summed E-state index contributed by atoms with van der Waals surface area (Å²) in [6, 6.07) is 5.89. The van der Waals surface area contributed by atoms with E-state index in [1.165, 1.54) is 12.1 Å². The maximum absolute atomic E-state index is 12.8. The number of amides is 2. The van der Waals surface area contributed by atoms with Crippen molar-refractivity contribution >= 4 is 17.5 Å². The summed E-state index contributed by atoms with van der Waals surface area (Å²) in [5.74, 6) is 0.0509. The van der Waals surface area contributed by atoms with E-state index in [2.05, 4.69) is 18.3 Å². The molecule has 2 N–H and O–H groups in total. The zero-order chi connectivity index (χ0) is 19.8. The van der Waals surface area contributed by atoms with Crippen molar-refractivity contribution in [2.24, 2.45) is 0 Å². The Kier molecular flexibility index (Phi) is 8.04. The quantitative estimate of drug-likeness (QED) is 0.736. The van der Waals surface area contributed by atoms with Gasteiger partial charge in [-0.25, -0.2) is 0 Å². The van der Waals surface area contributed by atoms with Gasteiger partial charge in [0.1, 0.15) is 0 Å². The van der Waals surface area contributed by atoms with E-state index in [0.717, 1.165) is 53.9 Å². The Morgan fingerprint density at radius 3 is 2.63 bits per heavy atom. The third-order valence-corrected chi connectivity index (χ3v) is 5.16. The number of hydrogen-bond acceptors (Lipinski definition) is 2. The van der Waals surface area contributed by atoms with Crippen LogP contribution in [0.15, 0.2) is 30.0 Å². The van der Waals surface area contributed by atoms with Crippen LogP contribution < -0.4 is 10.2 Å². The molecule has 0 spiro atoms. The summed E-state index contributed by atoms with van der Waals surface area (Å²) in [5.41, 5.74) is 4.25. The third kappa shape index (κ3) is 6.21. The van der Waals surface area contributed by atoms with Gasteiger partial charge in [0.15, 0.2) is 13.1 Å². The van der Waals surface area contributed by atoms with Crippen molar-refractivity contribution in [1.82, 2.24) is 4.90 Å². The number of nitrogens with one attached hydrogen (secondary N) is 2. The number of carbonyl (C=O) groups is 2. The number of benzene rings is 1. The molecular formula is C22H34N3O2+. The summed E-state index contributed by atoms with van der Waals surface area (Å²) in [7, 11) is 1.90. The number of nitrogens with zero attached hydrogens (tertiary/aromatic N) is 1. The first-order chi connectivity index (χ1) is 12.9. The second-order valence-corrected chi connectivity index (χ2v) is 7.59. The van der Waals surface area contributed by atoms with E-state index < -0.39 is 0 Å². The summed E-state index contributed by atoms with van der Waals surface area (Å²) >= 11 is 0. The molecule has 0 heterocycles. The number of anilines is 1. The van der Waals surface area contributed by atoms with Crippen LogP contribution in [0.4, 0.5) is 5.69 Å². The lowest BCUT2D eigenvalue weighted by Crippen LogP contribution is -3.11. The maximum Gasteiger partial charge on any atom is 0.281 e. The lowest BCUT2D eigenvalue weighted by atomic mass is 10.0. The van der Waals surface area contributed by atoms with E-state index in [9.17, 15) is 9.59 Å². The van der Waals surface area contributed by atoms with Gasteiger partial charge in [0.2, 0.25) is 0 Å². The van der Waals surface area contributed by atoms with Gasteiger partial charge < -0.3 is 15.1 Å². The van der Waals surface area contributed by atoms with Crippen LogP contribution in [-0.4, -0.2) is 43.4 Å². The summed E-state index contributed by atoms with van der Waals surface area (Å²) < 4.78 is 0. The van der Waals surface area contributed by atoms with E-state index in [-0.39, 0.29) is 18.4 Å². The van der Waals surface area contributed by atoms with E-state index in [1.807, 2.05) is 44.0 Å². The van der Waals surface area contributed by atoms with Gasteiger partial charge in [0, 0.05) is 17.9 Å². The first-order valence-electron chi connectivity index (χ1n) is 10.1. The first kappa shape index (κ1) is 21.2. The van der Waals surface area contributed by atoms with Crippen LogP contribution in [0.2, 0.25) is 0 Å². The molecule has 1 unspecified atom stereocenters. The molecule has 0 radical (unpaired) electrons. The fourth-order valence-corrected chi connectivity index (χ4v) is 3.49. The Morgan fingerprint density at radius 1 is 1.19 bits per heavy atom. The fraction of sp³-hybridized carbons (Fsp3) is 0.545. The Hall–Kier alpha value is -2.14. The lowest BCUT2D eigenvalue weighted by Gasteiger charge is -2.28. The predicted octanol–water partition coefficient (Wildman–Crippen LogP) is 2.45. The van der Waals surface area contributed by atoms with Crippen LogP contribution in [0, 0.1) is 13.8 Å². The average molecular weight is 373 g/mol. The zero-order valence-electron chi connectivity index (χ0n) is 17.2. The molecule has 0 fully saturated rings. The van der Waals surface area contributed by atoms with E-state index in [0.29, 0.717) is 6.54 Å². The Morgan fingerprint density at radius 2 is 1.96 bits per heavy atom. The number of aryl methyl sites for hydroxylation is 1. The molecule has 27 heavy (non-hydrogen) atoms. The maximum atomic E-state index is 12.8. The van der Waals surface area contributed by atoms with Gasteiger partial charge in [-0.1, -0.05) is 25.1 Å². The number of quaternary nitrogens is 1. The highest BCUT2D eigenvalue weighted by Gasteiger charge is 2.23. The Balaban J connectivity index is 1.91. The molecule has 1 atom stereocenters. The molecule has 0 saturated heterocycles. The van der Waals surface area contributed by atoms with Crippen molar-refractivity contribution in [3.63, 3.8) is 0 Å². The smallest absolute Gasteiger partial charge is 0.281 e.